The minimum absolute atomic E-state index is 0. The van der Waals surface area contributed by atoms with Gasteiger partial charge in [0.2, 0.25) is 0 Å². The van der Waals surface area contributed by atoms with E-state index in [0.717, 1.165) is 62.3 Å². The van der Waals surface area contributed by atoms with Gasteiger partial charge in [-0.25, -0.2) is 4.39 Å². The number of benzene rings is 1. The van der Waals surface area contributed by atoms with Gasteiger partial charge in [-0.3, -0.25) is 9.20 Å². The topological polar surface area (TPSA) is 62.7 Å². The standard InChI is InChI=1S/C23H36FN3O2S.HI/c1-3-25-22(27-20-9-6-10-21(16-20)30(28)4-2)26-17-23(11-13-29-14-12-23)18-7-5-8-19(24)15-18;/h5,7-8,15,20-21H,3-4,6,9-14,16-17H2,1-2H3,(H2,25,26,27);1H. The lowest BCUT2D eigenvalue weighted by molar-refractivity contribution is 0.0530. The number of rotatable bonds is 7. The van der Waals surface area contributed by atoms with Crippen molar-refractivity contribution in [1.82, 2.24) is 10.6 Å². The molecule has 3 atom stereocenters. The summed E-state index contributed by atoms with van der Waals surface area (Å²) < 4.78 is 31.8. The van der Waals surface area contributed by atoms with Gasteiger partial charge in [-0.05, 0) is 56.7 Å². The lowest BCUT2D eigenvalue weighted by Crippen LogP contribution is -2.47. The molecule has 3 rings (SSSR count). The SMILES string of the molecule is CCNC(=NCC1(c2cccc(F)c2)CCOCC1)NC1CCCC(S(=O)CC)C1.I. The second kappa shape index (κ2) is 13.1. The molecular formula is C23H37FIN3O2S. The molecule has 8 heteroatoms. The lowest BCUT2D eigenvalue weighted by atomic mass is 9.74. The van der Waals surface area contributed by atoms with E-state index in [1.54, 1.807) is 12.1 Å². The quantitative estimate of drug-likeness (QED) is 0.297. The first-order valence-electron chi connectivity index (χ1n) is 11.3. The third-order valence-electron chi connectivity index (χ3n) is 6.39. The van der Waals surface area contributed by atoms with Crippen LogP contribution in [-0.2, 0) is 21.0 Å². The Hall–Kier alpha value is -0.740. The fourth-order valence-corrected chi connectivity index (χ4v) is 5.96. The summed E-state index contributed by atoms with van der Waals surface area (Å²) in [4.78, 5) is 4.94. The van der Waals surface area contributed by atoms with E-state index in [0.29, 0.717) is 19.8 Å². The van der Waals surface area contributed by atoms with Crippen molar-refractivity contribution in [3.63, 3.8) is 0 Å². The fourth-order valence-electron chi connectivity index (χ4n) is 4.61. The molecule has 2 N–H and O–H groups in total. The molecule has 0 spiro atoms. The normalized spacial score (nSPS) is 24.7. The zero-order valence-corrected chi connectivity index (χ0v) is 21.8. The largest absolute Gasteiger partial charge is 0.381 e. The van der Waals surface area contributed by atoms with E-state index in [2.05, 4.69) is 17.6 Å². The van der Waals surface area contributed by atoms with Gasteiger partial charge in [-0.1, -0.05) is 25.5 Å². The molecule has 0 amide bonds. The Morgan fingerprint density at radius 1 is 1.29 bits per heavy atom. The third-order valence-corrected chi connectivity index (χ3v) is 8.13. The highest BCUT2D eigenvalue weighted by Gasteiger charge is 2.35. The molecule has 1 saturated carbocycles. The average Bonchev–Trinajstić information content (AvgIpc) is 2.78. The summed E-state index contributed by atoms with van der Waals surface area (Å²) in [7, 11) is -0.744. The van der Waals surface area contributed by atoms with Crippen LogP contribution in [0.4, 0.5) is 4.39 Å². The Balaban J connectivity index is 0.00000341. The summed E-state index contributed by atoms with van der Waals surface area (Å²) in [6.07, 6.45) is 5.81. The second-order valence-corrected chi connectivity index (χ2v) is 10.4. The van der Waals surface area contributed by atoms with Gasteiger partial charge in [0.05, 0.1) is 6.54 Å². The van der Waals surface area contributed by atoms with Gasteiger partial charge in [0.1, 0.15) is 5.82 Å². The molecule has 1 aromatic rings. The maximum Gasteiger partial charge on any atom is 0.191 e. The number of hydrogen-bond acceptors (Lipinski definition) is 3. The molecule has 2 fully saturated rings. The molecular weight excluding hydrogens is 528 g/mol. The van der Waals surface area contributed by atoms with Crippen LogP contribution in [0.25, 0.3) is 0 Å². The molecule has 3 unspecified atom stereocenters. The average molecular weight is 566 g/mol. The molecule has 1 aliphatic heterocycles. The molecule has 0 radical (unpaired) electrons. The van der Waals surface area contributed by atoms with Crippen molar-refractivity contribution in [3.8, 4) is 0 Å². The molecule has 31 heavy (non-hydrogen) atoms. The number of hydrogen-bond donors (Lipinski definition) is 2. The zero-order valence-electron chi connectivity index (χ0n) is 18.7. The highest BCUT2D eigenvalue weighted by molar-refractivity contribution is 14.0. The van der Waals surface area contributed by atoms with Crippen molar-refractivity contribution < 1.29 is 13.3 Å². The van der Waals surface area contributed by atoms with Crippen LogP contribution in [0.3, 0.4) is 0 Å². The Kier molecular flexibility index (Phi) is 11.2. The fraction of sp³-hybridized carbons (Fsp3) is 0.696. The molecule has 0 bridgehead atoms. The molecule has 0 aromatic heterocycles. The predicted octanol–water partition coefficient (Wildman–Crippen LogP) is 4.13. The zero-order chi connectivity index (χ0) is 21.4. The van der Waals surface area contributed by atoms with Crippen LogP contribution in [0.2, 0.25) is 0 Å². The molecule has 1 saturated heterocycles. The summed E-state index contributed by atoms with van der Waals surface area (Å²) in [5.41, 5.74) is 0.795. The van der Waals surface area contributed by atoms with E-state index >= 15 is 0 Å². The lowest BCUT2D eigenvalue weighted by Gasteiger charge is -2.37. The number of nitrogens with one attached hydrogen (secondary N) is 2. The maximum atomic E-state index is 13.9. The smallest absolute Gasteiger partial charge is 0.191 e. The van der Waals surface area contributed by atoms with E-state index < -0.39 is 10.8 Å². The van der Waals surface area contributed by atoms with E-state index in [4.69, 9.17) is 9.73 Å². The van der Waals surface area contributed by atoms with Crippen molar-refractivity contribution in [2.24, 2.45) is 4.99 Å². The van der Waals surface area contributed by atoms with E-state index in [1.165, 1.54) is 6.07 Å². The minimum Gasteiger partial charge on any atom is -0.381 e. The Labute approximate surface area is 205 Å². The maximum absolute atomic E-state index is 13.9. The summed E-state index contributed by atoms with van der Waals surface area (Å²) in [5, 5.41) is 7.23. The monoisotopic (exact) mass is 565 g/mol. The highest BCUT2D eigenvalue weighted by atomic mass is 127. The summed E-state index contributed by atoms with van der Waals surface area (Å²) in [6, 6.07) is 7.22. The molecule has 1 aliphatic carbocycles. The van der Waals surface area contributed by atoms with Gasteiger partial charge in [0, 0.05) is 53.0 Å². The molecule has 176 valence electrons. The van der Waals surface area contributed by atoms with Gasteiger partial charge < -0.3 is 15.4 Å². The number of aliphatic imine (C=N–C) groups is 1. The van der Waals surface area contributed by atoms with Crippen molar-refractivity contribution in [3.05, 3.63) is 35.6 Å². The van der Waals surface area contributed by atoms with Gasteiger partial charge in [-0.2, -0.15) is 0 Å². The van der Waals surface area contributed by atoms with Gasteiger partial charge >= 0.3 is 0 Å². The molecule has 5 nitrogen and oxygen atoms in total. The van der Waals surface area contributed by atoms with Crippen LogP contribution < -0.4 is 10.6 Å². The van der Waals surface area contributed by atoms with Crippen LogP contribution >= 0.6 is 24.0 Å². The van der Waals surface area contributed by atoms with Crippen LogP contribution in [-0.4, -0.2) is 53.5 Å². The minimum atomic E-state index is -0.744. The number of ether oxygens (including phenoxy) is 1. The van der Waals surface area contributed by atoms with Gasteiger partial charge in [0.15, 0.2) is 5.96 Å². The molecule has 1 heterocycles. The Morgan fingerprint density at radius 2 is 2.06 bits per heavy atom. The Bertz CT molecular complexity index is 743. The summed E-state index contributed by atoms with van der Waals surface area (Å²) in [6.45, 7) is 6.76. The van der Waals surface area contributed by atoms with Crippen molar-refractivity contribution in [2.75, 3.05) is 32.1 Å². The predicted molar refractivity (Wildman–Crippen MR) is 137 cm³/mol. The first-order valence-corrected chi connectivity index (χ1v) is 12.7. The van der Waals surface area contributed by atoms with Crippen LogP contribution in [0.15, 0.2) is 29.3 Å². The number of nitrogens with zero attached hydrogens (tertiary/aromatic N) is 1. The van der Waals surface area contributed by atoms with E-state index in [-0.39, 0.29) is 46.5 Å². The van der Waals surface area contributed by atoms with E-state index in [9.17, 15) is 8.60 Å². The summed E-state index contributed by atoms with van der Waals surface area (Å²) >= 11 is 0. The second-order valence-electron chi connectivity index (χ2n) is 8.40. The summed E-state index contributed by atoms with van der Waals surface area (Å²) in [5.74, 6) is 1.32. The first kappa shape index (κ1) is 26.5. The van der Waals surface area contributed by atoms with Crippen molar-refractivity contribution >= 4 is 40.7 Å². The number of halogens is 2. The van der Waals surface area contributed by atoms with Crippen molar-refractivity contribution in [2.45, 2.75) is 69.1 Å². The number of guanidine groups is 1. The van der Waals surface area contributed by atoms with Gasteiger partial charge in [0.25, 0.3) is 0 Å². The molecule has 1 aromatic carbocycles. The highest BCUT2D eigenvalue weighted by Crippen LogP contribution is 2.35. The first-order chi connectivity index (χ1) is 14.6. The third kappa shape index (κ3) is 7.39. The Morgan fingerprint density at radius 3 is 2.74 bits per heavy atom. The van der Waals surface area contributed by atoms with Crippen LogP contribution in [0.1, 0.15) is 57.9 Å². The van der Waals surface area contributed by atoms with E-state index in [1.807, 2.05) is 13.0 Å². The van der Waals surface area contributed by atoms with Crippen molar-refractivity contribution in [1.29, 1.82) is 0 Å². The van der Waals surface area contributed by atoms with Crippen LogP contribution in [0.5, 0.6) is 0 Å². The molecule has 2 aliphatic rings. The van der Waals surface area contributed by atoms with Crippen LogP contribution in [0, 0.1) is 5.82 Å². The van der Waals surface area contributed by atoms with Gasteiger partial charge in [-0.15, -0.1) is 24.0 Å².